The first-order valence-corrected chi connectivity index (χ1v) is 10.2. The molecule has 1 aliphatic heterocycles. The quantitative estimate of drug-likeness (QED) is 0.387. The maximum atomic E-state index is 12.8. The van der Waals surface area contributed by atoms with E-state index in [1.54, 1.807) is 0 Å². The van der Waals surface area contributed by atoms with Crippen molar-refractivity contribution >= 4 is 5.78 Å². The number of ether oxygens (including phenoxy) is 1. The first-order chi connectivity index (χ1) is 14.6. The van der Waals surface area contributed by atoms with Gasteiger partial charge in [-0.3, -0.25) is 4.79 Å². The Bertz CT molecular complexity index is 1090. The van der Waals surface area contributed by atoms with Gasteiger partial charge in [-0.05, 0) is 52.2 Å². The number of phenolic OH excluding ortho intramolecular Hbond substituents is 4. The monoisotopic (exact) mass is 424 g/mol. The number of Topliss-reactive ketones (excluding diaryl/α,β-unsaturated/α-hetero) is 1. The van der Waals surface area contributed by atoms with Crippen molar-refractivity contribution in [3.05, 3.63) is 63.8 Å². The van der Waals surface area contributed by atoms with Crippen LogP contribution in [0.4, 0.5) is 0 Å². The van der Waals surface area contributed by atoms with Gasteiger partial charge < -0.3 is 25.2 Å². The second kappa shape index (κ2) is 8.76. The zero-order valence-corrected chi connectivity index (χ0v) is 18.2. The molecule has 1 atom stereocenters. The highest BCUT2D eigenvalue weighted by atomic mass is 16.5. The Morgan fingerprint density at radius 3 is 2.16 bits per heavy atom. The lowest BCUT2D eigenvalue weighted by Gasteiger charge is -2.29. The van der Waals surface area contributed by atoms with Crippen LogP contribution in [0.15, 0.2) is 41.5 Å². The van der Waals surface area contributed by atoms with E-state index in [0.29, 0.717) is 24.0 Å². The number of fused-ring (bicyclic) bond motifs is 1. The van der Waals surface area contributed by atoms with E-state index in [9.17, 15) is 25.2 Å². The summed E-state index contributed by atoms with van der Waals surface area (Å²) in [5, 5.41) is 40.9. The van der Waals surface area contributed by atoms with Crippen LogP contribution in [0.5, 0.6) is 28.7 Å². The van der Waals surface area contributed by atoms with E-state index >= 15 is 0 Å². The molecule has 1 aliphatic rings. The van der Waals surface area contributed by atoms with Gasteiger partial charge in [-0.25, -0.2) is 0 Å². The molecule has 2 aromatic carbocycles. The average molecular weight is 424 g/mol. The summed E-state index contributed by atoms with van der Waals surface area (Å²) in [4.78, 5) is 12.8. The first kappa shape index (κ1) is 22.3. The third-order valence-electron chi connectivity index (χ3n) is 5.29. The fourth-order valence-corrected chi connectivity index (χ4v) is 3.73. The van der Waals surface area contributed by atoms with Crippen LogP contribution in [0.1, 0.15) is 67.3 Å². The third kappa shape index (κ3) is 4.68. The molecule has 0 radical (unpaired) electrons. The van der Waals surface area contributed by atoms with E-state index in [1.165, 1.54) is 12.1 Å². The summed E-state index contributed by atoms with van der Waals surface area (Å²) >= 11 is 0. The van der Waals surface area contributed by atoms with Crippen LogP contribution in [0.2, 0.25) is 0 Å². The molecular formula is C25H28O6. The van der Waals surface area contributed by atoms with E-state index < -0.39 is 6.10 Å². The Balaban J connectivity index is 2.16. The van der Waals surface area contributed by atoms with E-state index in [4.69, 9.17) is 4.74 Å². The van der Waals surface area contributed by atoms with Crippen LogP contribution in [-0.2, 0) is 12.8 Å². The molecule has 4 N–H and O–H groups in total. The number of hydrogen-bond donors (Lipinski definition) is 4. The average Bonchev–Trinajstić information content (AvgIpc) is 2.66. The Hall–Kier alpha value is -3.41. The van der Waals surface area contributed by atoms with Crippen molar-refractivity contribution < 1.29 is 30.0 Å². The van der Waals surface area contributed by atoms with Gasteiger partial charge in [0.15, 0.2) is 17.3 Å². The van der Waals surface area contributed by atoms with E-state index in [0.717, 1.165) is 22.8 Å². The Morgan fingerprint density at radius 2 is 1.55 bits per heavy atom. The number of carbonyl (C=O) groups excluding carboxylic acids is 1. The minimum atomic E-state index is -0.737. The van der Waals surface area contributed by atoms with Gasteiger partial charge in [0.25, 0.3) is 0 Å². The van der Waals surface area contributed by atoms with Crippen molar-refractivity contribution in [1.29, 1.82) is 0 Å². The number of hydrogen-bond acceptors (Lipinski definition) is 6. The lowest BCUT2D eigenvalue weighted by molar-refractivity contribution is 0.0843. The molecule has 0 amide bonds. The molecule has 0 spiro atoms. The van der Waals surface area contributed by atoms with E-state index in [1.807, 2.05) is 39.8 Å². The largest absolute Gasteiger partial charge is 0.508 e. The molecule has 6 heteroatoms. The van der Waals surface area contributed by atoms with Crippen molar-refractivity contribution in [2.24, 2.45) is 0 Å². The van der Waals surface area contributed by atoms with Crippen molar-refractivity contribution in [1.82, 2.24) is 0 Å². The third-order valence-corrected chi connectivity index (χ3v) is 5.29. The number of allylic oxidation sites excluding steroid dienone is 4. The molecular weight excluding hydrogens is 396 g/mol. The number of rotatable bonds is 5. The summed E-state index contributed by atoms with van der Waals surface area (Å²) in [5.74, 6) is -1.25. The van der Waals surface area contributed by atoms with Gasteiger partial charge in [0.05, 0.1) is 6.42 Å². The molecule has 1 heterocycles. The number of carbonyl (C=O) groups is 1. The van der Waals surface area contributed by atoms with E-state index in [2.05, 4.69) is 0 Å². The van der Waals surface area contributed by atoms with Crippen LogP contribution < -0.4 is 4.74 Å². The highest BCUT2D eigenvalue weighted by Crippen LogP contribution is 2.45. The van der Waals surface area contributed by atoms with Crippen molar-refractivity contribution in [3.8, 4) is 28.7 Å². The summed E-state index contributed by atoms with van der Waals surface area (Å²) in [6, 6.07) is 3.82. The smallest absolute Gasteiger partial charge is 0.174 e. The van der Waals surface area contributed by atoms with Crippen molar-refractivity contribution in [2.75, 3.05) is 0 Å². The molecule has 0 saturated carbocycles. The van der Waals surface area contributed by atoms with Crippen LogP contribution in [-0.4, -0.2) is 26.2 Å². The molecule has 0 aliphatic carbocycles. The highest BCUT2D eigenvalue weighted by molar-refractivity contribution is 6.02. The molecule has 0 fully saturated rings. The number of phenols is 4. The Morgan fingerprint density at radius 1 is 0.935 bits per heavy atom. The summed E-state index contributed by atoms with van der Waals surface area (Å²) in [5.41, 5.74) is 4.14. The lowest BCUT2D eigenvalue weighted by Crippen LogP contribution is -2.22. The van der Waals surface area contributed by atoms with Crippen LogP contribution in [0, 0.1) is 0 Å². The predicted molar refractivity (Wildman–Crippen MR) is 118 cm³/mol. The Labute approximate surface area is 181 Å². The predicted octanol–water partition coefficient (Wildman–Crippen LogP) is 5.23. The molecule has 0 saturated heterocycles. The summed E-state index contributed by atoms with van der Waals surface area (Å²) < 4.78 is 6.00. The molecule has 2 aromatic rings. The Kier molecular flexibility index (Phi) is 6.29. The van der Waals surface area contributed by atoms with E-state index in [-0.39, 0.29) is 46.5 Å². The van der Waals surface area contributed by atoms with Crippen LogP contribution >= 0.6 is 0 Å². The van der Waals surface area contributed by atoms with Crippen molar-refractivity contribution in [2.45, 2.75) is 53.1 Å². The fourth-order valence-electron chi connectivity index (χ4n) is 3.73. The maximum Gasteiger partial charge on any atom is 0.174 e. The SMILES string of the molecule is CC(C)=CCc1c(C2CC(=O)c3c(O)cc(O)cc3O2)cc(O)c(O)c1CC=C(C)C. The number of aromatic hydroxyl groups is 4. The minimum absolute atomic E-state index is 0.0349. The second-order valence-corrected chi connectivity index (χ2v) is 8.33. The summed E-state index contributed by atoms with van der Waals surface area (Å²) in [6.45, 7) is 7.85. The van der Waals surface area contributed by atoms with Gasteiger partial charge in [-0.1, -0.05) is 23.3 Å². The fraction of sp³-hybridized carbons (Fsp3) is 0.320. The second-order valence-electron chi connectivity index (χ2n) is 8.33. The zero-order valence-electron chi connectivity index (χ0n) is 18.2. The van der Waals surface area contributed by atoms with Gasteiger partial charge in [-0.15, -0.1) is 0 Å². The number of ketones is 1. The van der Waals surface area contributed by atoms with Gasteiger partial charge in [0.1, 0.15) is 28.9 Å². The molecule has 164 valence electrons. The number of benzene rings is 2. The molecule has 1 unspecified atom stereocenters. The zero-order chi connectivity index (χ0) is 22.9. The van der Waals surface area contributed by atoms with Gasteiger partial charge >= 0.3 is 0 Å². The van der Waals surface area contributed by atoms with Gasteiger partial charge in [0, 0.05) is 23.3 Å². The summed E-state index contributed by atoms with van der Waals surface area (Å²) in [7, 11) is 0. The molecule has 31 heavy (non-hydrogen) atoms. The standard InChI is InChI=1S/C25H28O6/c1-13(2)5-7-16-17(8-6-14(3)4)25(30)21(29)11-18(16)22-12-20(28)24-19(27)9-15(26)10-23(24)31-22/h5-6,9-11,22,26-27,29-30H,7-8,12H2,1-4H3. The van der Waals surface area contributed by atoms with Gasteiger partial charge in [0.2, 0.25) is 0 Å². The maximum absolute atomic E-state index is 12.8. The molecule has 6 nitrogen and oxygen atoms in total. The molecule has 0 bridgehead atoms. The normalized spacial score (nSPS) is 15.1. The van der Waals surface area contributed by atoms with Crippen molar-refractivity contribution in [3.63, 3.8) is 0 Å². The summed E-state index contributed by atoms with van der Waals surface area (Å²) in [6.07, 6.45) is 4.10. The minimum Gasteiger partial charge on any atom is -0.508 e. The van der Waals surface area contributed by atoms with Gasteiger partial charge in [-0.2, -0.15) is 0 Å². The topological polar surface area (TPSA) is 107 Å². The molecule has 3 rings (SSSR count). The van der Waals surface area contributed by atoms with Crippen LogP contribution in [0.25, 0.3) is 0 Å². The lowest BCUT2D eigenvalue weighted by atomic mass is 9.87. The first-order valence-electron chi connectivity index (χ1n) is 10.2. The highest BCUT2D eigenvalue weighted by Gasteiger charge is 2.33. The molecule has 0 aromatic heterocycles. The van der Waals surface area contributed by atoms with Crippen LogP contribution in [0.3, 0.4) is 0 Å².